The van der Waals surface area contributed by atoms with Gasteiger partial charge in [0.05, 0.1) is 23.8 Å². The first-order chi connectivity index (χ1) is 15.0. The fourth-order valence-electron chi connectivity index (χ4n) is 3.71. The van der Waals surface area contributed by atoms with Gasteiger partial charge in [-0.2, -0.15) is 13.2 Å². The number of hydrogen-bond donors (Lipinski definition) is 1. The van der Waals surface area contributed by atoms with Gasteiger partial charge >= 0.3 is 6.18 Å². The molecular formula is C23H28F4N2O2S. The number of benzene rings is 2. The Morgan fingerprint density at radius 3 is 2.41 bits per heavy atom. The number of thioether (sulfide) groups is 1. The molecule has 0 saturated carbocycles. The minimum atomic E-state index is -4.59. The normalized spacial score (nSPS) is 13.7. The second-order valence-electron chi connectivity index (χ2n) is 7.76. The highest BCUT2D eigenvalue weighted by Gasteiger charge is 2.36. The lowest BCUT2D eigenvalue weighted by Gasteiger charge is -2.36. The highest BCUT2D eigenvalue weighted by Crippen LogP contribution is 2.38. The summed E-state index contributed by atoms with van der Waals surface area (Å²) in [6.07, 6.45) is -2.14. The number of amides is 1. The summed E-state index contributed by atoms with van der Waals surface area (Å²) in [6, 6.07) is 7.86. The third kappa shape index (κ3) is 5.95. The van der Waals surface area contributed by atoms with E-state index in [4.69, 9.17) is 4.74 Å². The Morgan fingerprint density at radius 1 is 1.22 bits per heavy atom. The Kier molecular flexibility index (Phi) is 8.59. The Hall–Kier alpha value is -2.26. The van der Waals surface area contributed by atoms with E-state index in [1.54, 1.807) is 31.4 Å². The lowest BCUT2D eigenvalue weighted by molar-refractivity contribution is -0.137. The van der Waals surface area contributed by atoms with Crippen LogP contribution in [0.2, 0.25) is 0 Å². The SMILES string of the molecule is CCCN(C)C[C@@](C)(NC(=O)c1c(OC)cc(C(F)(F)F)cc1SC)c1ccccc1F. The molecule has 0 spiro atoms. The van der Waals surface area contributed by atoms with Crippen molar-refractivity contribution >= 4 is 17.7 Å². The van der Waals surface area contributed by atoms with E-state index in [9.17, 15) is 22.4 Å². The van der Waals surface area contributed by atoms with Gasteiger partial charge in [0, 0.05) is 17.0 Å². The monoisotopic (exact) mass is 472 g/mol. The molecule has 0 heterocycles. The molecule has 9 heteroatoms. The van der Waals surface area contributed by atoms with Crippen LogP contribution in [-0.2, 0) is 11.7 Å². The number of halogens is 4. The second kappa shape index (κ2) is 10.6. The molecule has 0 radical (unpaired) electrons. The van der Waals surface area contributed by atoms with E-state index in [1.807, 2.05) is 18.9 Å². The van der Waals surface area contributed by atoms with Crippen LogP contribution < -0.4 is 10.1 Å². The van der Waals surface area contributed by atoms with Crippen LogP contribution >= 0.6 is 11.8 Å². The van der Waals surface area contributed by atoms with Crippen LogP contribution in [0.4, 0.5) is 17.6 Å². The molecule has 32 heavy (non-hydrogen) atoms. The maximum atomic E-state index is 14.7. The van der Waals surface area contributed by atoms with E-state index in [0.29, 0.717) is 6.54 Å². The van der Waals surface area contributed by atoms with Crippen LogP contribution in [0.15, 0.2) is 41.3 Å². The molecule has 1 atom stereocenters. The van der Waals surface area contributed by atoms with Crippen molar-refractivity contribution in [1.82, 2.24) is 10.2 Å². The quantitative estimate of drug-likeness (QED) is 0.383. The Bertz CT molecular complexity index is 927. The van der Waals surface area contributed by atoms with Gasteiger partial charge in [-0.25, -0.2) is 4.39 Å². The van der Waals surface area contributed by atoms with Gasteiger partial charge in [0.2, 0.25) is 0 Å². The van der Waals surface area contributed by atoms with Gasteiger partial charge in [0.25, 0.3) is 5.91 Å². The highest BCUT2D eigenvalue weighted by molar-refractivity contribution is 7.98. The van der Waals surface area contributed by atoms with Crippen LogP contribution in [0.1, 0.15) is 41.8 Å². The highest BCUT2D eigenvalue weighted by atomic mass is 32.2. The van der Waals surface area contributed by atoms with Gasteiger partial charge in [0.1, 0.15) is 11.6 Å². The number of rotatable bonds is 9. The Balaban J connectivity index is 2.55. The molecule has 0 bridgehead atoms. The number of carbonyl (C=O) groups excluding carboxylic acids is 1. The molecule has 0 aliphatic heterocycles. The van der Waals surface area contributed by atoms with Gasteiger partial charge in [-0.15, -0.1) is 11.8 Å². The minimum absolute atomic E-state index is 0.0197. The van der Waals surface area contributed by atoms with E-state index in [0.717, 1.165) is 36.9 Å². The van der Waals surface area contributed by atoms with Crippen molar-refractivity contribution in [2.75, 3.05) is 33.5 Å². The number of ether oxygens (including phenoxy) is 1. The van der Waals surface area contributed by atoms with Crippen molar-refractivity contribution in [3.63, 3.8) is 0 Å². The number of carbonyl (C=O) groups is 1. The van der Waals surface area contributed by atoms with Crippen LogP contribution in [0.3, 0.4) is 0 Å². The first-order valence-electron chi connectivity index (χ1n) is 10.1. The molecule has 0 unspecified atom stereocenters. The van der Waals surface area contributed by atoms with Crippen molar-refractivity contribution < 1.29 is 27.1 Å². The predicted octanol–water partition coefficient (Wildman–Crippen LogP) is 5.56. The van der Waals surface area contributed by atoms with Gasteiger partial charge < -0.3 is 15.0 Å². The Labute approximate surface area is 190 Å². The number of alkyl halides is 3. The number of nitrogens with one attached hydrogen (secondary N) is 1. The second-order valence-corrected chi connectivity index (χ2v) is 8.61. The zero-order valence-electron chi connectivity index (χ0n) is 18.8. The summed E-state index contributed by atoms with van der Waals surface area (Å²) in [6.45, 7) is 4.72. The molecule has 2 rings (SSSR count). The first kappa shape index (κ1) is 26.0. The summed E-state index contributed by atoms with van der Waals surface area (Å²) < 4.78 is 59.8. The van der Waals surface area contributed by atoms with Crippen molar-refractivity contribution in [1.29, 1.82) is 0 Å². The number of likely N-dealkylation sites (N-methyl/N-ethyl adjacent to an activating group) is 1. The van der Waals surface area contributed by atoms with Gasteiger partial charge in [-0.3, -0.25) is 4.79 Å². The predicted molar refractivity (Wildman–Crippen MR) is 119 cm³/mol. The van der Waals surface area contributed by atoms with E-state index >= 15 is 0 Å². The maximum Gasteiger partial charge on any atom is 0.416 e. The smallest absolute Gasteiger partial charge is 0.416 e. The number of hydrogen-bond acceptors (Lipinski definition) is 4. The molecule has 2 aromatic rings. The molecule has 2 aromatic carbocycles. The van der Waals surface area contributed by atoms with Crippen molar-refractivity contribution in [2.45, 2.75) is 36.9 Å². The lowest BCUT2D eigenvalue weighted by Crippen LogP contribution is -2.51. The third-order valence-electron chi connectivity index (χ3n) is 5.11. The van der Waals surface area contributed by atoms with Crippen molar-refractivity contribution in [3.8, 4) is 5.75 Å². The standard InChI is InChI=1S/C23H28F4N2O2S/c1-6-11-29(3)14-22(2,16-9-7-8-10-17(16)24)28-21(30)20-18(31-4)12-15(23(25,26)27)13-19(20)32-5/h7-10,12-13H,6,11,14H2,1-5H3,(H,28,30)/t22-/m1/s1. The summed E-state index contributed by atoms with van der Waals surface area (Å²) in [5.74, 6) is -1.32. The van der Waals surface area contributed by atoms with E-state index in [1.165, 1.54) is 13.2 Å². The average Bonchev–Trinajstić information content (AvgIpc) is 2.72. The Morgan fingerprint density at radius 2 is 1.88 bits per heavy atom. The minimum Gasteiger partial charge on any atom is -0.496 e. The van der Waals surface area contributed by atoms with Crippen LogP contribution in [0, 0.1) is 5.82 Å². The van der Waals surface area contributed by atoms with E-state index < -0.39 is 29.0 Å². The van der Waals surface area contributed by atoms with Crippen LogP contribution in [0.5, 0.6) is 5.75 Å². The molecule has 1 N–H and O–H groups in total. The van der Waals surface area contributed by atoms with Crippen molar-refractivity contribution in [2.24, 2.45) is 0 Å². The number of nitrogens with zero attached hydrogens (tertiary/aromatic N) is 1. The molecule has 1 amide bonds. The van der Waals surface area contributed by atoms with Crippen LogP contribution in [-0.4, -0.2) is 44.3 Å². The summed E-state index contributed by atoms with van der Waals surface area (Å²) in [4.78, 5) is 15.5. The topological polar surface area (TPSA) is 41.6 Å². The molecule has 0 aliphatic carbocycles. The van der Waals surface area contributed by atoms with Gasteiger partial charge in [-0.05, 0) is 51.4 Å². The molecule has 0 aromatic heterocycles. The van der Waals surface area contributed by atoms with Gasteiger partial charge in [0.15, 0.2) is 0 Å². The third-order valence-corrected chi connectivity index (χ3v) is 5.87. The van der Waals surface area contributed by atoms with E-state index in [2.05, 4.69) is 5.32 Å². The molecule has 0 aliphatic rings. The zero-order chi connectivity index (χ0) is 24.1. The van der Waals surface area contributed by atoms with Crippen LogP contribution in [0.25, 0.3) is 0 Å². The molecule has 0 fully saturated rings. The molecule has 176 valence electrons. The zero-order valence-corrected chi connectivity index (χ0v) is 19.6. The molecular weight excluding hydrogens is 444 g/mol. The summed E-state index contributed by atoms with van der Waals surface area (Å²) in [5, 5.41) is 2.87. The summed E-state index contributed by atoms with van der Waals surface area (Å²) in [5.41, 5.74) is -1.79. The van der Waals surface area contributed by atoms with Crippen molar-refractivity contribution in [3.05, 3.63) is 58.9 Å². The molecule has 4 nitrogen and oxygen atoms in total. The lowest BCUT2D eigenvalue weighted by atomic mass is 9.90. The fraction of sp³-hybridized carbons (Fsp3) is 0.435. The largest absolute Gasteiger partial charge is 0.496 e. The van der Waals surface area contributed by atoms with E-state index in [-0.39, 0.29) is 21.8 Å². The first-order valence-corrected chi connectivity index (χ1v) is 11.3. The average molecular weight is 473 g/mol. The van der Waals surface area contributed by atoms with Gasteiger partial charge in [-0.1, -0.05) is 25.1 Å². The summed E-state index contributed by atoms with van der Waals surface area (Å²) >= 11 is 1.01. The number of methoxy groups -OCH3 is 1. The maximum absolute atomic E-state index is 14.7. The molecule has 0 saturated heterocycles. The fourth-order valence-corrected chi connectivity index (χ4v) is 4.36. The summed E-state index contributed by atoms with van der Waals surface area (Å²) in [7, 11) is 3.07.